The van der Waals surface area contributed by atoms with E-state index in [1.807, 2.05) is 20.8 Å². The predicted molar refractivity (Wildman–Crippen MR) is 166 cm³/mol. The van der Waals surface area contributed by atoms with E-state index >= 15 is 0 Å². The van der Waals surface area contributed by atoms with Crippen LogP contribution in [0.15, 0.2) is 24.3 Å². The first kappa shape index (κ1) is 35.4. The molecule has 0 radical (unpaired) electrons. The van der Waals surface area contributed by atoms with E-state index in [1.54, 1.807) is 0 Å². The third-order valence-electron chi connectivity index (χ3n) is 7.64. The van der Waals surface area contributed by atoms with Crippen LogP contribution < -0.4 is 5.73 Å². The Balaban J connectivity index is 1.80. The Morgan fingerprint density at radius 3 is 1.88 bits per heavy atom. The Labute approximate surface area is 246 Å². The lowest BCUT2D eigenvalue weighted by Crippen LogP contribution is -2.63. The number of piperidine rings is 1. The smallest absolute Gasteiger partial charge is 0.377 e. The van der Waals surface area contributed by atoms with Gasteiger partial charge < -0.3 is 23.7 Å². The SMILES string of the molecule is CCO[Si](CCCCCCOCc1ccc(C(ON2C(C)(C)CC(N)CC2(C)C)C(C)C)cc1)(OCC)OCC. The van der Waals surface area contributed by atoms with Gasteiger partial charge in [0.2, 0.25) is 0 Å². The van der Waals surface area contributed by atoms with Crippen LogP contribution >= 0.6 is 0 Å². The van der Waals surface area contributed by atoms with Crippen LogP contribution in [-0.4, -0.2) is 57.4 Å². The molecule has 8 heteroatoms. The third kappa shape index (κ3) is 10.8. The van der Waals surface area contributed by atoms with Crippen LogP contribution in [0.1, 0.15) is 118 Å². The van der Waals surface area contributed by atoms with E-state index in [1.165, 1.54) is 11.1 Å². The zero-order valence-electron chi connectivity index (χ0n) is 27.1. The lowest BCUT2D eigenvalue weighted by Gasteiger charge is -2.54. The number of hydrogen-bond acceptors (Lipinski definition) is 7. The Morgan fingerprint density at radius 2 is 1.38 bits per heavy atom. The van der Waals surface area contributed by atoms with Crippen molar-refractivity contribution in [3.05, 3.63) is 35.4 Å². The van der Waals surface area contributed by atoms with E-state index in [2.05, 4.69) is 70.9 Å². The standard InChI is InChI=1S/C32H60N2O5Si/c1-10-36-40(37-11-2,38-12-3)22-16-14-13-15-21-35-25-27-17-19-28(20-18-27)30(26(4)5)39-34-31(6,7)23-29(33)24-32(34,8)9/h17-20,26,29-30H,10-16,21-25,33H2,1-9H3. The summed E-state index contributed by atoms with van der Waals surface area (Å²) in [5.41, 5.74) is 8.53. The lowest BCUT2D eigenvalue weighted by molar-refractivity contribution is -0.315. The van der Waals surface area contributed by atoms with Crippen molar-refractivity contribution in [3.63, 3.8) is 0 Å². The molecule has 2 rings (SSSR count). The van der Waals surface area contributed by atoms with Gasteiger partial charge >= 0.3 is 8.80 Å². The summed E-state index contributed by atoms with van der Waals surface area (Å²) in [6.45, 7) is 22.7. The summed E-state index contributed by atoms with van der Waals surface area (Å²) in [5.74, 6) is 0.340. The minimum Gasteiger partial charge on any atom is -0.377 e. The summed E-state index contributed by atoms with van der Waals surface area (Å²) in [6, 6.07) is 9.83. The quantitative estimate of drug-likeness (QED) is 0.135. The van der Waals surface area contributed by atoms with Gasteiger partial charge in [0.1, 0.15) is 6.10 Å². The van der Waals surface area contributed by atoms with Crippen LogP contribution in [0.5, 0.6) is 0 Å². The molecule has 0 spiro atoms. The average molecular weight is 581 g/mol. The second kappa shape index (κ2) is 16.7. The van der Waals surface area contributed by atoms with Crippen LogP contribution in [0.3, 0.4) is 0 Å². The molecule has 0 amide bonds. The van der Waals surface area contributed by atoms with Gasteiger partial charge in [0, 0.05) is 49.6 Å². The molecule has 1 saturated heterocycles. The van der Waals surface area contributed by atoms with Crippen molar-refractivity contribution >= 4 is 8.80 Å². The first-order valence-electron chi connectivity index (χ1n) is 15.7. The largest absolute Gasteiger partial charge is 0.500 e. The highest BCUT2D eigenvalue weighted by atomic mass is 28.4. The maximum Gasteiger partial charge on any atom is 0.500 e. The number of hydrogen-bond donors (Lipinski definition) is 1. The fourth-order valence-corrected chi connectivity index (χ4v) is 8.89. The number of nitrogens with zero attached hydrogens (tertiary/aromatic N) is 1. The van der Waals surface area contributed by atoms with E-state index in [0.717, 1.165) is 51.2 Å². The Kier molecular flexibility index (Phi) is 14.8. The van der Waals surface area contributed by atoms with Crippen LogP contribution in [0.25, 0.3) is 0 Å². The van der Waals surface area contributed by atoms with Gasteiger partial charge in [-0.1, -0.05) is 51.0 Å². The summed E-state index contributed by atoms with van der Waals surface area (Å²) < 4.78 is 23.9. The van der Waals surface area contributed by atoms with Gasteiger partial charge in [-0.2, -0.15) is 5.06 Å². The van der Waals surface area contributed by atoms with E-state index in [-0.39, 0.29) is 23.2 Å². The van der Waals surface area contributed by atoms with E-state index in [0.29, 0.717) is 32.3 Å². The number of rotatable bonds is 19. The van der Waals surface area contributed by atoms with Gasteiger partial charge in [0.25, 0.3) is 0 Å². The van der Waals surface area contributed by atoms with Crippen molar-refractivity contribution in [1.82, 2.24) is 5.06 Å². The molecule has 1 aliphatic heterocycles. The summed E-state index contributed by atoms with van der Waals surface area (Å²) in [5, 5.41) is 2.22. The molecular weight excluding hydrogens is 520 g/mol. The van der Waals surface area contributed by atoms with Gasteiger partial charge in [-0.25, -0.2) is 0 Å². The highest BCUT2D eigenvalue weighted by Crippen LogP contribution is 2.41. The van der Waals surface area contributed by atoms with Crippen LogP contribution in [0.4, 0.5) is 0 Å². The fourth-order valence-electron chi connectivity index (χ4n) is 6.20. The Morgan fingerprint density at radius 1 is 0.850 bits per heavy atom. The van der Waals surface area contributed by atoms with E-state index in [9.17, 15) is 0 Å². The van der Waals surface area contributed by atoms with Crippen molar-refractivity contribution in [2.24, 2.45) is 11.7 Å². The van der Waals surface area contributed by atoms with Gasteiger partial charge in [0.15, 0.2) is 0 Å². The number of nitrogens with two attached hydrogens (primary N) is 1. The van der Waals surface area contributed by atoms with Crippen LogP contribution in [0, 0.1) is 5.92 Å². The number of unbranched alkanes of at least 4 members (excludes halogenated alkanes) is 3. The van der Waals surface area contributed by atoms with Crippen LogP contribution in [0.2, 0.25) is 6.04 Å². The van der Waals surface area contributed by atoms with Crippen molar-refractivity contribution in [3.8, 4) is 0 Å². The van der Waals surface area contributed by atoms with Crippen molar-refractivity contribution in [2.75, 3.05) is 26.4 Å². The highest BCUT2D eigenvalue weighted by molar-refractivity contribution is 6.60. The molecule has 0 saturated carbocycles. The predicted octanol–water partition coefficient (Wildman–Crippen LogP) is 7.42. The summed E-state index contributed by atoms with van der Waals surface area (Å²) in [4.78, 5) is 6.79. The fraction of sp³-hybridized carbons (Fsp3) is 0.812. The van der Waals surface area contributed by atoms with Crippen LogP contribution in [-0.2, 0) is 29.5 Å². The molecule has 1 fully saturated rings. The molecule has 1 unspecified atom stereocenters. The minimum atomic E-state index is -2.51. The molecule has 1 aromatic carbocycles. The normalized spacial score (nSPS) is 18.9. The average Bonchev–Trinajstić information content (AvgIpc) is 2.85. The topological polar surface area (TPSA) is 75.4 Å². The lowest BCUT2D eigenvalue weighted by atomic mass is 9.79. The minimum absolute atomic E-state index is 0.0159. The second-order valence-electron chi connectivity index (χ2n) is 12.8. The van der Waals surface area contributed by atoms with Crippen molar-refractivity contribution in [1.29, 1.82) is 0 Å². The van der Waals surface area contributed by atoms with Crippen molar-refractivity contribution in [2.45, 2.75) is 137 Å². The van der Waals surface area contributed by atoms with E-state index in [4.69, 9.17) is 28.6 Å². The molecule has 7 nitrogen and oxygen atoms in total. The number of benzene rings is 1. The molecule has 0 bridgehead atoms. The summed E-state index contributed by atoms with van der Waals surface area (Å²) in [7, 11) is -2.51. The maximum absolute atomic E-state index is 6.79. The third-order valence-corrected chi connectivity index (χ3v) is 10.8. The summed E-state index contributed by atoms with van der Waals surface area (Å²) in [6.07, 6.45) is 6.21. The molecule has 2 N–H and O–H groups in total. The maximum atomic E-state index is 6.79. The number of ether oxygens (including phenoxy) is 1. The van der Waals surface area contributed by atoms with Gasteiger partial charge in [-0.3, -0.25) is 4.84 Å². The molecule has 1 atom stereocenters. The molecule has 1 heterocycles. The Bertz CT molecular complexity index is 798. The first-order chi connectivity index (χ1) is 18.9. The summed E-state index contributed by atoms with van der Waals surface area (Å²) >= 11 is 0. The highest BCUT2D eigenvalue weighted by Gasteiger charge is 2.47. The molecular formula is C32H60N2O5Si. The second-order valence-corrected chi connectivity index (χ2v) is 15.5. The first-order valence-corrected chi connectivity index (χ1v) is 17.6. The van der Waals surface area contributed by atoms with Gasteiger partial charge in [-0.05, 0) is 91.2 Å². The molecule has 0 aromatic heterocycles. The molecule has 1 aliphatic rings. The molecule has 0 aliphatic carbocycles. The zero-order chi connectivity index (χ0) is 29.8. The van der Waals surface area contributed by atoms with Gasteiger partial charge in [-0.15, -0.1) is 0 Å². The van der Waals surface area contributed by atoms with Gasteiger partial charge in [0.05, 0.1) is 6.61 Å². The molecule has 232 valence electrons. The molecule has 40 heavy (non-hydrogen) atoms. The van der Waals surface area contributed by atoms with E-state index < -0.39 is 8.80 Å². The van der Waals surface area contributed by atoms with Crippen molar-refractivity contribution < 1.29 is 22.9 Å². The molecule has 1 aromatic rings. The zero-order valence-corrected chi connectivity index (χ0v) is 28.1. The monoisotopic (exact) mass is 580 g/mol. The Hall–Kier alpha value is -0.843. The number of hydroxylamine groups is 2.